The number of nitrogens with zero attached hydrogens (tertiary/aromatic N) is 1. The van der Waals surface area contributed by atoms with Crippen molar-refractivity contribution in [1.29, 1.82) is 0 Å². The minimum absolute atomic E-state index is 0.381. The zero-order valence-electron chi connectivity index (χ0n) is 22.4. The lowest BCUT2D eigenvalue weighted by atomic mass is 9.54. The Balaban J connectivity index is 1.45. The van der Waals surface area contributed by atoms with Crippen molar-refractivity contribution in [2.24, 2.45) is 17.8 Å². The standard InChI is InChI=1S/C31H28Cl2N2O5/c1-16(2)26(27(36)34-22-14-13-17(39-3)15-23(22)40-4)35-28(37)24-25(29(35)38)31(33)19-10-6-5-9-18(19)30(24,32)20-11-7-8-12-21(20)31/h5-16,24-26H,1-4H3,(H,34,36)/t24-,25+,26-,30?,31?/m0/s1. The van der Waals surface area contributed by atoms with Crippen LogP contribution in [-0.4, -0.2) is 42.9 Å². The van der Waals surface area contributed by atoms with Gasteiger partial charge in [-0.2, -0.15) is 0 Å². The third-order valence-corrected chi connectivity index (χ3v) is 9.75. The Kier molecular flexibility index (Phi) is 6.16. The molecule has 1 heterocycles. The molecular weight excluding hydrogens is 551 g/mol. The molecule has 0 aromatic heterocycles. The molecule has 0 saturated carbocycles. The van der Waals surface area contributed by atoms with Crippen LogP contribution < -0.4 is 14.8 Å². The summed E-state index contributed by atoms with van der Waals surface area (Å²) < 4.78 is 10.7. The number of carbonyl (C=O) groups excluding carboxylic acids is 3. The molecule has 4 aliphatic rings. The van der Waals surface area contributed by atoms with Gasteiger partial charge in [-0.1, -0.05) is 62.4 Å². The summed E-state index contributed by atoms with van der Waals surface area (Å²) in [6.45, 7) is 3.59. The average Bonchev–Trinajstić information content (AvgIpc) is 3.22. The Bertz CT molecular complexity index is 1450. The molecule has 3 aliphatic carbocycles. The molecule has 3 aromatic carbocycles. The van der Waals surface area contributed by atoms with Crippen molar-refractivity contribution < 1.29 is 23.9 Å². The molecule has 1 fully saturated rings. The van der Waals surface area contributed by atoms with E-state index in [1.807, 2.05) is 48.5 Å². The van der Waals surface area contributed by atoms with Crippen LogP contribution in [0.4, 0.5) is 5.69 Å². The summed E-state index contributed by atoms with van der Waals surface area (Å²) in [7, 11) is 3.01. The van der Waals surface area contributed by atoms with E-state index in [0.29, 0.717) is 39.4 Å². The van der Waals surface area contributed by atoms with Gasteiger partial charge in [0.15, 0.2) is 0 Å². The minimum atomic E-state index is -1.31. The smallest absolute Gasteiger partial charge is 0.248 e. The number of likely N-dealkylation sites (tertiary alicyclic amines) is 1. The van der Waals surface area contributed by atoms with Crippen LogP contribution in [0, 0.1) is 17.8 Å². The van der Waals surface area contributed by atoms with E-state index in [0.717, 1.165) is 4.90 Å². The molecule has 1 N–H and O–H groups in total. The summed E-state index contributed by atoms with van der Waals surface area (Å²) in [5.74, 6) is -2.96. The van der Waals surface area contributed by atoms with E-state index in [2.05, 4.69) is 5.32 Å². The monoisotopic (exact) mass is 578 g/mol. The van der Waals surface area contributed by atoms with Crippen LogP contribution in [0.3, 0.4) is 0 Å². The normalized spacial score (nSPS) is 26.7. The fraction of sp³-hybridized carbons (Fsp3) is 0.323. The maximum atomic E-state index is 14.4. The van der Waals surface area contributed by atoms with Crippen molar-refractivity contribution in [3.8, 4) is 11.5 Å². The van der Waals surface area contributed by atoms with E-state index < -0.39 is 51.3 Å². The second-order valence-electron chi connectivity index (χ2n) is 10.8. The Labute approximate surface area is 242 Å². The number of alkyl halides is 2. The lowest BCUT2D eigenvalue weighted by Gasteiger charge is -2.54. The number of nitrogens with one attached hydrogen (secondary N) is 1. The highest BCUT2D eigenvalue weighted by Gasteiger charge is 2.73. The summed E-state index contributed by atoms with van der Waals surface area (Å²) in [5, 5.41) is 2.85. The maximum Gasteiger partial charge on any atom is 0.248 e. The molecule has 3 atom stereocenters. The van der Waals surface area contributed by atoms with Gasteiger partial charge in [-0.25, -0.2) is 0 Å². The molecule has 2 bridgehead atoms. The molecule has 3 aromatic rings. The number of carbonyl (C=O) groups is 3. The second-order valence-corrected chi connectivity index (χ2v) is 12.0. The quantitative estimate of drug-likeness (QED) is 0.318. The molecule has 7 nitrogen and oxygen atoms in total. The van der Waals surface area contributed by atoms with Crippen LogP contribution in [0.5, 0.6) is 11.5 Å². The van der Waals surface area contributed by atoms with Gasteiger partial charge in [-0.05, 0) is 40.3 Å². The largest absolute Gasteiger partial charge is 0.497 e. The fourth-order valence-electron chi connectivity index (χ4n) is 6.79. The molecule has 206 valence electrons. The zero-order valence-corrected chi connectivity index (χ0v) is 23.9. The first-order valence-corrected chi connectivity index (χ1v) is 13.8. The summed E-state index contributed by atoms with van der Waals surface area (Å²) in [5.41, 5.74) is 3.23. The molecule has 0 radical (unpaired) electrons. The van der Waals surface area contributed by atoms with E-state index >= 15 is 0 Å². The molecule has 7 rings (SSSR count). The predicted octanol–water partition coefficient (Wildman–Crippen LogP) is 5.26. The number of hydrogen-bond donors (Lipinski definition) is 1. The predicted molar refractivity (Wildman–Crippen MR) is 152 cm³/mol. The van der Waals surface area contributed by atoms with E-state index in [1.165, 1.54) is 14.2 Å². The van der Waals surface area contributed by atoms with Crippen LogP contribution >= 0.6 is 23.2 Å². The van der Waals surface area contributed by atoms with Crippen LogP contribution in [0.15, 0.2) is 66.7 Å². The number of benzene rings is 3. The van der Waals surface area contributed by atoms with Crippen molar-refractivity contribution in [3.05, 3.63) is 89.0 Å². The molecule has 1 aliphatic heterocycles. The fourth-order valence-corrected chi connectivity index (χ4v) is 7.89. The third kappa shape index (κ3) is 3.34. The van der Waals surface area contributed by atoms with Gasteiger partial charge in [0.2, 0.25) is 17.7 Å². The van der Waals surface area contributed by atoms with Gasteiger partial charge >= 0.3 is 0 Å². The van der Waals surface area contributed by atoms with Crippen LogP contribution in [0.1, 0.15) is 36.1 Å². The molecule has 40 heavy (non-hydrogen) atoms. The Morgan fingerprint density at radius 1 is 0.825 bits per heavy atom. The maximum absolute atomic E-state index is 14.4. The Morgan fingerprint density at radius 3 is 1.70 bits per heavy atom. The first kappa shape index (κ1) is 26.7. The van der Waals surface area contributed by atoms with Gasteiger partial charge in [0.25, 0.3) is 0 Å². The first-order valence-electron chi connectivity index (χ1n) is 13.1. The minimum Gasteiger partial charge on any atom is -0.497 e. The number of amides is 3. The van der Waals surface area contributed by atoms with E-state index in [-0.39, 0.29) is 0 Å². The average molecular weight is 579 g/mol. The van der Waals surface area contributed by atoms with Gasteiger partial charge in [0.05, 0.1) is 31.7 Å². The highest BCUT2D eigenvalue weighted by atomic mass is 35.5. The van der Waals surface area contributed by atoms with Crippen molar-refractivity contribution in [1.82, 2.24) is 4.90 Å². The number of anilines is 1. The SMILES string of the molecule is COc1ccc(NC(=O)[C@H](C(C)C)N2C(=O)[C@@H]3[C@H](C2=O)C2(Cl)c4ccccc4C3(Cl)c3ccccc32)c(OC)c1. The van der Waals surface area contributed by atoms with Crippen LogP contribution in [0.2, 0.25) is 0 Å². The lowest BCUT2D eigenvalue weighted by Crippen LogP contribution is -2.57. The highest BCUT2D eigenvalue weighted by molar-refractivity contribution is 6.36. The lowest BCUT2D eigenvalue weighted by molar-refractivity contribution is -0.148. The molecule has 1 saturated heterocycles. The Morgan fingerprint density at radius 2 is 1.30 bits per heavy atom. The molecule has 0 unspecified atom stereocenters. The van der Waals surface area contributed by atoms with Gasteiger partial charge in [-0.15, -0.1) is 23.2 Å². The first-order chi connectivity index (χ1) is 19.1. The van der Waals surface area contributed by atoms with Crippen molar-refractivity contribution >= 4 is 46.6 Å². The second kappa shape index (κ2) is 9.25. The van der Waals surface area contributed by atoms with E-state index in [1.54, 1.807) is 32.0 Å². The van der Waals surface area contributed by atoms with Crippen molar-refractivity contribution in [2.45, 2.75) is 29.6 Å². The van der Waals surface area contributed by atoms with E-state index in [4.69, 9.17) is 32.7 Å². The summed E-state index contributed by atoms with van der Waals surface area (Å²) >= 11 is 15.0. The number of halogens is 2. The van der Waals surface area contributed by atoms with Crippen molar-refractivity contribution in [2.75, 3.05) is 19.5 Å². The number of rotatable bonds is 6. The number of hydrogen-bond acceptors (Lipinski definition) is 5. The van der Waals surface area contributed by atoms with E-state index in [9.17, 15) is 14.4 Å². The van der Waals surface area contributed by atoms with Gasteiger partial charge in [0, 0.05) is 6.07 Å². The van der Waals surface area contributed by atoms with Crippen LogP contribution in [-0.2, 0) is 24.1 Å². The van der Waals surface area contributed by atoms with Gasteiger partial charge < -0.3 is 14.8 Å². The third-order valence-electron chi connectivity index (χ3n) is 8.46. The topological polar surface area (TPSA) is 84.9 Å². The summed E-state index contributed by atoms with van der Waals surface area (Å²) in [6.07, 6.45) is 0. The molecule has 3 amide bonds. The van der Waals surface area contributed by atoms with Crippen molar-refractivity contribution in [3.63, 3.8) is 0 Å². The molecule has 0 spiro atoms. The number of ether oxygens (including phenoxy) is 2. The molecule has 9 heteroatoms. The summed E-state index contributed by atoms with van der Waals surface area (Å²) in [6, 6.07) is 18.8. The van der Waals surface area contributed by atoms with Crippen LogP contribution in [0.25, 0.3) is 0 Å². The highest BCUT2D eigenvalue weighted by Crippen LogP contribution is 2.69. The van der Waals surface area contributed by atoms with Gasteiger partial charge in [0.1, 0.15) is 27.3 Å². The number of methoxy groups -OCH3 is 2. The summed E-state index contributed by atoms with van der Waals surface area (Å²) in [4.78, 5) is 41.0. The van der Waals surface area contributed by atoms with Gasteiger partial charge in [-0.3, -0.25) is 19.3 Å². The molecular formula is C31H28Cl2N2O5. The Hall–Kier alpha value is -3.55. The zero-order chi connectivity index (χ0) is 28.6. The number of imide groups is 1.